The second-order valence-corrected chi connectivity index (χ2v) is 6.49. The lowest BCUT2D eigenvalue weighted by atomic mass is 9.96. The molecule has 0 radical (unpaired) electrons. The van der Waals surface area contributed by atoms with E-state index in [4.69, 9.17) is 0 Å². The Hall–Kier alpha value is -2.63. The number of hydrogen-bond acceptors (Lipinski definition) is 4. The molecule has 2 aliphatic rings. The average Bonchev–Trinajstić information content (AvgIpc) is 3.16. The second-order valence-electron chi connectivity index (χ2n) is 6.49. The number of carbonyl (C=O) groups is 1. The van der Waals surface area contributed by atoms with Gasteiger partial charge < -0.3 is 10.3 Å². The monoisotopic (exact) mass is 323 g/mol. The van der Waals surface area contributed by atoms with E-state index in [1.807, 2.05) is 24.3 Å². The smallest absolute Gasteiger partial charge is 0.279 e. The summed E-state index contributed by atoms with van der Waals surface area (Å²) in [6.45, 7) is 0. The molecule has 1 aromatic heterocycles. The Bertz CT molecular complexity index is 829. The van der Waals surface area contributed by atoms with Gasteiger partial charge in [0.15, 0.2) is 0 Å². The standard InChI is InChI=1S/C18H21N5O/c1-23-17(24)16(22-18(23)21-13-5-3-2-4-6-13)10-12-7-8-14-15(9-12)20-11-19-14/h7-11,13H,2-6H2,1H3,(H,19,20)(H,21,22)/b16-10-. The topological polar surface area (TPSA) is 73.4 Å². The van der Waals surface area contributed by atoms with Gasteiger partial charge in [0.25, 0.3) is 5.91 Å². The summed E-state index contributed by atoms with van der Waals surface area (Å²) in [4.78, 5) is 25.9. The van der Waals surface area contributed by atoms with Crippen molar-refractivity contribution < 1.29 is 4.79 Å². The van der Waals surface area contributed by atoms with Crippen LogP contribution in [0.1, 0.15) is 37.7 Å². The van der Waals surface area contributed by atoms with Gasteiger partial charge in [-0.1, -0.05) is 25.3 Å². The zero-order valence-electron chi connectivity index (χ0n) is 13.7. The van der Waals surface area contributed by atoms with Crippen molar-refractivity contribution >= 4 is 29.0 Å². The zero-order chi connectivity index (χ0) is 16.5. The number of aromatic amines is 1. The number of nitrogens with one attached hydrogen (secondary N) is 2. The quantitative estimate of drug-likeness (QED) is 0.835. The number of fused-ring (bicyclic) bond motifs is 1. The number of imidazole rings is 1. The number of hydrogen-bond donors (Lipinski definition) is 2. The molecule has 0 atom stereocenters. The second kappa shape index (κ2) is 6.11. The predicted molar refractivity (Wildman–Crippen MR) is 94.3 cm³/mol. The largest absolute Gasteiger partial charge is 0.353 e. The fourth-order valence-electron chi connectivity index (χ4n) is 3.35. The number of H-pyrrole nitrogens is 1. The first-order chi connectivity index (χ1) is 11.7. The fourth-order valence-corrected chi connectivity index (χ4v) is 3.35. The van der Waals surface area contributed by atoms with E-state index in [-0.39, 0.29) is 5.91 Å². The van der Waals surface area contributed by atoms with Crippen molar-refractivity contribution in [3.63, 3.8) is 0 Å². The summed E-state index contributed by atoms with van der Waals surface area (Å²) in [7, 11) is 1.77. The molecule has 0 unspecified atom stereocenters. The van der Waals surface area contributed by atoms with E-state index in [1.54, 1.807) is 18.3 Å². The Morgan fingerprint density at radius 1 is 1.29 bits per heavy atom. The van der Waals surface area contributed by atoms with Gasteiger partial charge in [-0.3, -0.25) is 9.69 Å². The van der Waals surface area contributed by atoms with E-state index < -0.39 is 0 Å². The summed E-state index contributed by atoms with van der Waals surface area (Å²) in [6.07, 6.45) is 9.58. The van der Waals surface area contributed by atoms with Crippen LogP contribution in [0.4, 0.5) is 0 Å². The van der Waals surface area contributed by atoms with Gasteiger partial charge in [0, 0.05) is 13.1 Å². The average molecular weight is 323 g/mol. The normalized spacial score (nSPS) is 20.9. The highest BCUT2D eigenvalue weighted by molar-refractivity contribution is 6.13. The highest BCUT2D eigenvalue weighted by Crippen LogP contribution is 2.21. The van der Waals surface area contributed by atoms with Crippen LogP contribution < -0.4 is 5.32 Å². The lowest BCUT2D eigenvalue weighted by Gasteiger charge is -2.25. The molecule has 1 amide bonds. The number of benzene rings is 1. The number of amides is 1. The van der Waals surface area contributed by atoms with Crippen LogP contribution in [0.15, 0.2) is 35.2 Å². The Morgan fingerprint density at radius 3 is 2.96 bits per heavy atom. The van der Waals surface area contributed by atoms with Gasteiger partial charge in [0.1, 0.15) is 5.70 Å². The van der Waals surface area contributed by atoms with Gasteiger partial charge in [-0.2, -0.15) is 0 Å². The number of aromatic nitrogens is 2. The molecule has 0 saturated heterocycles. The SMILES string of the molecule is CN1C(=O)/C(=C/c2ccc3[nH]cnc3c2)N=C1NC1CCCCC1. The van der Waals surface area contributed by atoms with Crippen molar-refractivity contribution in [3.05, 3.63) is 35.8 Å². The summed E-state index contributed by atoms with van der Waals surface area (Å²) >= 11 is 0. The number of aliphatic imine (C=N–C) groups is 1. The molecule has 1 aliphatic heterocycles. The third kappa shape index (κ3) is 2.79. The molecular formula is C18H21N5O. The highest BCUT2D eigenvalue weighted by Gasteiger charge is 2.28. The van der Waals surface area contributed by atoms with E-state index in [1.165, 1.54) is 19.3 Å². The molecule has 0 bridgehead atoms. The molecule has 2 N–H and O–H groups in total. The summed E-state index contributed by atoms with van der Waals surface area (Å²) in [5.41, 5.74) is 3.25. The minimum Gasteiger partial charge on any atom is -0.353 e. The van der Waals surface area contributed by atoms with Crippen molar-refractivity contribution in [2.45, 2.75) is 38.1 Å². The van der Waals surface area contributed by atoms with Gasteiger partial charge in [-0.05, 0) is 36.6 Å². The minimum absolute atomic E-state index is 0.0737. The molecule has 1 aliphatic carbocycles. The summed E-state index contributed by atoms with van der Waals surface area (Å²) in [5.74, 6) is 0.592. The maximum absolute atomic E-state index is 12.5. The van der Waals surface area contributed by atoms with Crippen molar-refractivity contribution in [2.75, 3.05) is 7.05 Å². The first-order valence-corrected chi connectivity index (χ1v) is 8.49. The van der Waals surface area contributed by atoms with Crippen molar-refractivity contribution in [1.29, 1.82) is 0 Å². The summed E-state index contributed by atoms with van der Waals surface area (Å²) in [6, 6.07) is 6.30. The molecule has 1 fully saturated rings. The van der Waals surface area contributed by atoms with Crippen LogP contribution in [0.3, 0.4) is 0 Å². The predicted octanol–water partition coefficient (Wildman–Crippen LogP) is 2.65. The van der Waals surface area contributed by atoms with E-state index >= 15 is 0 Å². The van der Waals surface area contributed by atoms with E-state index in [2.05, 4.69) is 20.3 Å². The third-order valence-corrected chi connectivity index (χ3v) is 4.76. The van der Waals surface area contributed by atoms with Crippen LogP contribution in [0, 0.1) is 0 Å². The Labute approximate surface area is 140 Å². The Balaban J connectivity index is 1.58. The third-order valence-electron chi connectivity index (χ3n) is 4.76. The van der Waals surface area contributed by atoms with Crippen LogP contribution >= 0.6 is 0 Å². The van der Waals surface area contributed by atoms with Crippen LogP contribution in [0.25, 0.3) is 17.1 Å². The number of carbonyl (C=O) groups excluding carboxylic acids is 1. The molecule has 24 heavy (non-hydrogen) atoms. The zero-order valence-corrected chi connectivity index (χ0v) is 13.7. The molecule has 1 saturated carbocycles. The fraction of sp³-hybridized carbons (Fsp3) is 0.389. The summed E-state index contributed by atoms with van der Waals surface area (Å²) in [5, 5.41) is 3.44. The maximum atomic E-state index is 12.5. The number of likely N-dealkylation sites (N-methyl/N-ethyl adjacent to an activating group) is 1. The molecule has 6 heteroatoms. The van der Waals surface area contributed by atoms with E-state index in [0.717, 1.165) is 29.4 Å². The molecular weight excluding hydrogens is 302 g/mol. The molecule has 0 spiro atoms. The van der Waals surface area contributed by atoms with Crippen LogP contribution in [-0.4, -0.2) is 39.8 Å². The van der Waals surface area contributed by atoms with Crippen molar-refractivity contribution in [2.24, 2.45) is 4.99 Å². The number of nitrogens with zero attached hydrogens (tertiary/aromatic N) is 3. The van der Waals surface area contributed by atoms with Gasteiger partial charge in [0.05, 0.1) is 17.4 Å². The Morgan fingerprint density at radius 2 is 2.12 bits per heavy atom. The minimum atomic E-state index is -0.0737. The van der Waals surface area contributed by atoms with Gasteiger partial charge in [0.2, 0.25) is 5.96 Å². The lowest BCUT2D eigenvalue weighted by Crippen LogP contribution is -2.44. The lowest BCUT2D eigenvalue weighted by molar-refractivity contribution is -0.121. The number of guanidine groups is 1. The first kappa shape index (κ1) is 14.9. The van der Waals surface area contributed by atoms with Crippen LogP contribution in [0.5, 0.6) is 0 Å². The van der Waals surface area contributed by atoms with Gasteiger partial charge >= 0.3 is 0 Å². The molecule has 2 heterocycles. The highest BCUT2D eigenvalue weighted by atomic mass is 16.2. The Kier molecular flexibility index (Phi) is 3.80. The van der Waals surface area contributed by atoms with E-state index in [0.29, 0.717) is 17.7 Å². The van der Waals surface area contributed by atoms with Crippen molar-refractivity contribution in [1.82, 2.24) is 20.2 Å². The molecule has 6 nitrogen and oxygen atoms in total. The molecule has 4 rings (SSSR count). The first-order valence-electron chi connectivity index (χ1n) is 8.49. The molecule has 1 aromatic carbocycles. The van der Waals surface area contributed by atoms with Gasteiger partial charge in [-0.25, -0.2) is 9.98 Å². The maximum Gasteiger partial charge on any atom is 0.279 e. The molecule has 2 aromatic rings. The summed E-state index contributed by atoms with van der Waals surface area (Å²) < 4.78 is 0. The van der Waals surface area contributed by atoms with E-state index in [9.17, 15) is 4.79 Å². The van der Waals surface area contributed by atoms with Crippen LogP contribution in [-0.2, 0) is 4.79 Å². The van der Waals surface area contributed by atoms with Crippen LogP contribution in [0.2, 0.25) is 0 Å². The van der Waals surface area contributed by atoms with Crippen molar-refractivity contribution in [3.8, 4) is 0 Å². The van der Waals surface area contributed by atoms with Gasteiger partial charge in [-0.15, -0.1) is 0 Å². The molecule has 124 valence electrons. The number of rotatable bonds is 2.